The lowest BCUT2D eigenvalue weighted by atomic mass is 9.99. The lowest BCUT2D eigenvalue weighted by molar-refractivity contribution is 0.0168. The Hall–Kier alpha value is -3.03. The number of nitrogens with zero attached hydrogens (tertiary/aromatic N) is 4. The summed E-state index contributed by atoms with van der Waals surface area (Å²) in [6, 6.07) is 14.5. The minimum atomic E-state index is -0.533. The number of amides is 1. The zero-order valence-electron chi connectivity index (χ0n) is 19.6. The zero-order valence-corrected chi connectivity index (χ0v) is 21.1. The number of carbonyl (C=O) groups is 1. The second-order valence-corrected chi connectivity index (χ2v) is 9.70. The molecule has 0 aromatic heterocycles. The maximum absolute atomic E-state index is 12.4. The average molecular weight is 502 g/mol. The van der Waals surface area contributed by atoms with Crippen LogP contribution in [-0.2, 0) is 4.74 Å². The standard InChI is InChI=1S/C25H29Cl2N5O2/c1-17(31-13-15-32(16-14-31)24(33)34-25(2,3)4)29-22(18-5-9-20(26)10-6-18)23(30-28)19-7-11-21(27)12-8-19/h5-12H,1,13-16,28H2,2-4H3/b29-22-,30-23-. The van der Waals surface area contributed by atoms with Gasteiger partial charge in [-0.15, -0.1) is 0 Å². The number of ether oxygens (including phenoxy) is 1. The summed E-state index contributed by atoms with van der Waals surface area (Å²) in [7, 11) is 0. The van der Waals surface area contributed by atoms with E-state index in [1.165, 1.54) is 0 Å². The number of piperazine rings is 1. The van der Waals surface area contributed by atoms with Crippen molar-refractivity contribution in [2.24, 2.45) is 15.9 Å². The smallest absolute Gasteiger partial charge is 0.410 e. The van der Waals surface area contributed by atoms with Crippen molar-refractivity contribution in [1.29, 1.82) is 0 Å². The van der Waals surface area contributed by atoms with Gasteiger partial charge in [-0.3, -0.25) is 0 Å². The molecule has 0 radical (unpaired) electrons. The Bertz CT molecular complexity index is 1080. The number of nitrogens with two attached hydrogens (primary N) is 1. The van der Waals surface area contributed by atoms with Crippen LogP contribution in [0.1, 0.15) is 31.9 Å². The molecule has 3 rings (SSSR count). The number of hydrogen-bond donors (Lipinski definition) is 1. The van der Waals surface area contributed by atoms with Crippen LogP contribution >= 0.6 is 23.2 Å². The number of rotatable bonds is 5. The van der Waals surface area contributed by atoms with E-state index < -0.39 is 5.60 Å². The van der Waals surface area contributed by atoms with Crippen LogP contribution in [0.5, 0.6) is 0 Å². The monoisotopic (exact) mass is 501 g/mol. The van der Waals surface area contributed by atoms with Gasteiger partial charge in [0, 0.05) is 47.4 Å². The fraction of sp³-hybridized carbons (Fsp3) is 0.320. The first-order chi connectivity index (χ1) is 16.1. The molecule has 1 fully saturated rings. The molecule has 180 valence electrons. The summed E-state index contributed by atoms with van der Waals surface area (Å²) in [4.78, 5) is 20.9. The van der Waals surface area contributed by atoms with Crippen molar-refractivity contribution in [3.8, 4) is 0 Å². The summed E-state index contributed by atoms with van der Waals surface area (Å²) in [5.41, 5.74) is 2.07. The zero-order chi connectivity index (χ0) is 24.9. The van der Waals surface area contributed by atoms with E-state index >= 15 is 0 Å². The van der Waals surface area contributed by atoms with Gasteiger partial charge in [-0.1, -0.05) is 54.0 Å². The average Bonchev–Trinajstić information content (AvgIpc) is 2.79. The Labute approximate surface area is 210 Å². The minimum absolute atomic E-state index is 0.316. The highest BCUT2D eigenvalue weighted by Gasteiger charge is 2.26. The van der Waals surface area contributed by atoms with Gasteiger partial charge in [0.25, 0.3) is 0 Å². The summed E-state index contributed by atoms with van der Waals surface area (Å²) >= 11 is 12.1. The third-order valence-corrected chi connectivity index (χ3v) is 5.63. The maximum Gasteiger partial charge on any atom is 0.410 e. The number of hydrazone groups is 1. The Balaban J connectivity index is 1.84. The summed E-state index contributed by atoms with van der Waals surface area (Å²) in [5.74, 6) is 6.36. The van der Waals surface area contributed by atoms with Crippen molar-refractivity contribution < 1.29 is 9.53 Å². The molecule has 9 heteroatoms. The van der Waals surface area contributed by atoms with E-state index in [9.17, 15) is 4.79 Å². The molecule has 1 heterocycles. The molecule has 0 saturated carbocycles. The first-order valence-electron chi connectivity index (χ1n) is 10.9. The molecule has 1 saturated heterocycles. The number of carbonyl (C=O) groups excluding carboxylic acids is 1. The van der Waals surface area contributed by atoms with E-state index in [1.807, 2.05) is 49.9 Å². The SMILES string of the molecule is C=C(/N=C(\C(=N/N)c1ccc(Cl)cc1)c1ccc(Cl)cc1)N1CCN(C(=O)OC(C)(C)C)CC1. The molecule has 0 atom stereocenters. The molecule has 2 aromatic rings. The molecule has 2 aromatic carbocycles. The molecule has 1 aliphatic rings. The van der Waals surface area contributed by atoms with Crippen LogP contribution < -0.4 is 5.84 Å². The van der Waals surface area contributed by atoms with E-state index in [0.717, 1.165) is 11.1 Å². The molecule has 0 spiro atoms. The first-order valence-corrected chi connectivity index (χ1v) is 11.6. The van der Waals surface area contributed by atoms with Gasteiger partial charge in [0.1, 0.15) is 22.8 Å². The van der Waals surface area contributed by atoms with Crippen molar-refractivity contribution in [3.63, 3.8) is 0 Å². The molecule has 0 bridgehead atoms. The van der Waals surface area contributed by atoms with Gasteiger partial charge in [0.2, 0.25) is 0 Å². The van der Waals surface area contributed by atoms with Gasteiger partial charge in [0.05, 0.1) is 0 Å². The van der Waals surface area contributed by atoms with Gasteiger partial charge in [-0.2, -0.15) is 5.10 Å². The topological polar surface area (TPSA) is 83.5 Å². The summed E-state index contributed by atoms with van der Waals surface area (Å²) in [5, 5.41) is 5.25. The van der Waals surface area contributed by atoms with Crippen LogP contribution in [0, 0.1) is 0 Å². The molecule has 1 aliphatic heterocycles. The van der Waals surface area contributed by atoms with Gasteiger partial charge in [-0.05, 0) is 45.0 Å². The third-order valence-electron chi connectivity index (χ3n) is 5.13. The Morgan fingerprint density at radius 2 is 1.32 bits per heavy atom. The van der Waals surface area contributed by atoms with Crippen LogP contribution in [0.2, 0.25) is 10.0 Å². The number of benzene rings is 2. The van der Waals surface area contributed by atoms with Crippen LogP contribution in [0.25, 0.3) is 0 Å². The predicted molar refractivity (Wildman–Crippen MR) is 139 cm³/mol. The molecule has 2 N–H and O–H groups in total. The van der Waals surface area contributed by atoms with E-state index in [0.29, 0.717) is 53.5 Å². The second kappa shape index (κ2) is 10.9. The van der Waals surface area contributed by atoms with Gasteiger partial charge in [-0.25, -0.2) is 9.79 Å². The second-order valence-electron chi connectivity index (χ2n) is 8.82. The predicted octanol–water partition coefficient (Wildman–Crippen LogP) is 5.17. The van der Waals surface area contributed by atoms with E-state index in [1.54, 1.807) is 29.2 Å². The van der Waals surface area contributed by atoms with Gasteiger partial charge < -0.3 is 20.4 Å². The molecule has 7 nitrogen and oxygen atoms in total. The lowest BCUT2D eigenvalue weighted by Gasteiger charge is -2.36. The van der Waals surface area contributed by atoms with Crippen molar-refractivity contribution >= 4 is 40.7 Å². The number of halogens is 2. The fourth-order valence-corrected chi connectivity index (χ4v) is 3.67. The largest absolute Gasteiger partial charge is 0.444 e. The van der Waals surface area contributed by atoms with Crippen LogP contribution in [-0.4, -0.2) is 59.1 Å². The Morgan fingerprint density at radius 3 is 1.76 bits per heavy atom. The number of hydrogen-bond acceptors (Lipinski definition) is 6. The molecule has 0 unspecified atom stereocenters. The maximum atomic E-state index is 12.4. The van der Waals surface area contributed by atoms with E-state index in [-0.39, 0.29) is 6.09 Å². The van der Waals surface area contributed by atoms with Gasteiger partial charge in [0.15, 0.2) is 0 Å². The van der Waals surface area contributed by atoms with Crippen LogP contribution in [0.3, 0.4) is 0 Å². The molecule has 1 amide bonds. The fourth-order valence-electron chi connectivity index (χ4n) is 3.42. The van der Waals surface area contributed by atoms with Crippen molar-refractivity contribution in [1.82, 2.24) is 9.80 Å². The molecular weight excluding hydrogens is 473 g/mol. The van der Waals surface area contributed by atoms with E-state index in [4.69, 9.17) is 38.8 Å². The molecule has 0 aliphatic carbocycles. The summed E-state index contributed by atoms with van der Waals surface area (Å²) < 4.78 is 5.48. The van der Waals surface area contributed by atoms with E-state index in [2.05, 4.69) is 11.7 Å². The van der Waals surface area contributed by atoms with Crippen molar-refractivity contribution in [3.05, 3.63) is 82.1 Å². The van der Waals surface area contributed by atoms with Crippen LogP contribution in [0.15, 0.2) is 71.0 Å². The highest BCUT2D eigenvalue weighted by Crippen LogP contribution is 2.19. The van der Waals surface area contributed by atoms with Crippen LogP contribution in [0.4, 0.5) is 4.79 Å². The third kappa shape index (κ3) is 6.74. The van der Waals surface area contributed by atoms with Gasteiger partial charge >= 0.3 is 6.09 Å². The number of aliphatic imine (C=N–C) groups is 1. The molecular formula is C25H29Cl2N5O2. The quantitative estimate of drug-likeness (QED) is 0.348. The summed E-state index contributed by atoms with van der Waals surface area (Å²) in [6.07, 6.45) is -0.316. The highest BCUT2D eigenvalue weighted by molar-refractivity contribution is 6.53. The Morgan fingerprint density at radius 1 is 0.882 bits per heavy atom. The normalized spacial score (nSPS) is 15.3. The lowest BCUT2D eigenvalue weighted by Crippen LogP contribution is -2.49. The van der Waals surface area contributed by atoms with Crippen molar-refractivity contribution in [2.45, 2.75) is 26.4 Å². The minimum Gasteiger partial charge on any atom is -0.444 e. The summed E-state index contributed by atoms with van der Waals surface area (Å²) in [6.45, 7) is 11.9. The highest BCUT2D eigenvalue weighted by atomic mass is 35.5. The Kier molecular flexibility index (Phi) is 8.23. The first kappa shape index (κ1) is 25.6. The van der Waals surface area contributed by atoms with Crippen molar-refractivity contribution in [2.75, 3.05) is 26.2 Å². The molecule has 34 heavy (non-hydrogen) atoms.